The zero-order valence-electron chi connectivity index (χ0n) is 10.9. The maximum absolute atomic E-state index is 12.3. The van der Waals surface area contributed by atoms with Crippen molar-refractivity contribution in [1.82, 2.24) is 4.72 Å². The van der Waals surface area contributed by atoms with Gasteiger partial charge in [-0.1, -0.05) is 64.5 Å². The van der Waals surface area contributed by atoms with Gasteiger partial charge in [-0.3, -0.25) is 0 Å². The molecule has 2 rings (SSSR count). The number of nitrogens with one attached hydrogen (secondary N) is 1. The molecule has 0 bridgehead atoms. The summed E-state index contributed by atoms with van der Waals surface area (Å²) in [6, 6.07) is 18.1. The van der Waals surface area contributed by atoms with Crippen LogP contribution in [-0.4, -0.2) is 19.8 Å². The molecule has 0 aliphatic carbocycles. The molecule has 0 aliphatic heterocycles. The molecule has 1 atom stereocenters. The molecule has 0 unspecified atom stereocenters. The van der Waals surface area contributed by atoms with E-state index in [1.165, 1.54) is 0 Å². The number of halogens is 1. The Bertz CT molecular complexity index is 629. The van der Waals surface area contributed by atoms with Crippen molar-refractivity contribution >= 4 is 26.0 Å². The molecule has 1 N–H and O–H groups in total. The summed E-state index contributed by atoms with van der Waals surface area (Å²) in [5.41, 5.74) is 1.10. The molecule has 0 saturated heterocycles. The van der Waals surface area contributed by atoms with Crippen LogP contribution in [0.15, 0.2) is 65.6 Å². The Morgan fingerprint density at radius 1 is 0.950 bits per heavy atom. The fourth-order valence-electron chi connectivity index (χ4n) is 1.91. The molecule has 20 heavy (non-hydrogen) atoms. The van der Waals surface area contributed by atoms with E-state index in [0.717, 1.165) is 5.56 Å². The Kier molecular flexibility index (Phi) is 5.34. The molecular weight excluding hydrogens is 338 g/mol. The van der Waals surface area contributed by atoms with Gasteiger partial charge in [0.15, 0.2) is 0 Å². The van der Waals surface area contributed by atoms with Crippen molar-refractivity contribution in [3.05, 3.63) is 66.2 Å². The Morgan fingerprint density at radius 3 is 2.05 bits per heavy atom. The van der Waals surface area contributed by atoms with E-state index in [1.807, 2.05) is 30.3 Å². The minimum Gasteiger partial charge on any atom is -0.207 e. The van der Waals surface area contributed by atoms with Gasteiger partial charge in [0.05, 0.1) is 4.90 Å². The van der Waals surface area contributed by atoms with Crippen molar-refractivity contribution in [2.24, 2.45) is 0 Å². The summed E-state index contributed by atoms with van der Waals surface area (Å²) in [4.78, 5) is 0.291. The summed E-state index contributed by atoms with van der Waals surface area (Å²) in [7, 11) is -3.47. The summed E-state index contributed by atoms with van der Waals surface area (Å²) < 4.78 is 27.3. The fraction of sp³-hybridized carbons (Fsp3) is 0.200. The van der Waals surface area contributed by atoms with Crippen molar-refractivity contribution in [2.45, 2.75) is 17.4 Å². The Balaban J connectivity index is 2.10. The lowest BCUT2D eigenvalue weighted by Gasteiger charge is -2.16. The van der Waals surface area contributed by atoms with Crippen LogP contribution < -0.4 is 4.72 Å². The second kappa shape index (κ2) is 7.02. The van der Waals surface area contributed by atoms with E-state index in [9.17, 15) is 8.42 Å². The molecule has 0 radical (unpaired) electrons. The largest absolute Gasteiger partial charge is 0.240 e. The molecule has 0 spiro atoms. The summed E-state index contributed by atoms with van der Waals surface area (Å²) in [6.45, 7) is 0. The lowest BCUT2D eigenvalue weighted by molar-refractivity contribution is 0.562. The van der Waals surface area contributed by atoms with Gasteiger partial charge in [-0.2, -0.15) is 0 Å². The monoisotopic (exact) mass is 353 g/mol. The smallest absolute Gasteiger partial charge is 0.207 e. The number of benzene rings is 2. The first kappa shape index (κ1) is 15.2. The predicted molar refractivity (Wildman–Crippen MR) is 84.5 cm³/mol. The van der Waals surface area contributed by atoms with Crippen molar-refractivity contribution < 1.29 is 8.42 Å². The summed E-state index contributed by atoms with van der Waals surface area (Å²) in [5, 5.41) is 0.563. The molecule has 0 heterocycles. The highest BCUT2D eigenvalue weighted by atomic mass is 79.9. The number of hydrogen-bond donors (Lipinski definition) is 1. The van der Waals surface area contributed by atoms with Crippen LogP contribution in [0.5, 0.6) is 0 Å². The molecule has 0 aliphatic rings. The van der Waals surface area contributed by atoms with Gasteiger partial charge in [-0.25, -0.2) is 13.1 Å². The van der Waals surface area contributed by atoms with Crippen LogP contribution in [0.1, 0.15) is 5.56 Å². The second-order valence-corrected chi connectivity index (χ2v) is 6.84. The number of hydrogen-bond acceptors (Lipinski definition) is 2. The van der Waals surface area contributed by atoms with Crippen LogP contribution >= 0.6 is 15.9 Å². The number of rotatable bonds is 6. The highest BCUT2D eigenvalue weighted by Crippen LogP contribution is 2.11. The van der Waals surface area contributed by atoms with E-state index in [4.69, 9.17) is 0 Å². The van der Waals surface area contributed by atoms with Crippen LogP contribution in [0, 0.1) is 0 Å². The van der Waals surface area contributed by atoms with E-state index in [2.05, 4.69) is 20.7 Å². The molecule has 0 fully saturated rings. The van der Waals surface area contributed by atoms with Crippen LogP contribution in [0.4, 0.5) is 0 Å². The molecule has 106 valence electrons. The molecular formula is C15H16BrNO2S. The van der Waals surface area contributed by atoms with Gasteiger partial charge in [0.2, 0.25) is 10.0 Å². The maximum atomic E-state index is 12.3. The highest BCUT2D eigenvalue weighted by Gasteiger charge is 2.19. The van der Waals surface area contributed by atoms with E-state index in [1.54, 1.807) is 30.3 Å². The average molecular weight is 354 g/mol. The molecule has 2 aromatic carbocycles. The minimum atomic E-state index is -3.47. The highest BCUT2D eigenvalue weighted by molar-refractivity contribution is 9.09. The lowest BCUT2D eigenvalue weighted by atomic mass is 10.1. The van der Waals surface area contributed by atoms with Crippen molar-refractivity contribution in [2.75, 3.05) is 5.33 Å². The van der Waals surface area contributed by atoms with Crippen molar-refractivity contribution in [3.63, 3.8) is 0 Å². The molecule has 0 aromatic heterocycles. The second-order valence-electron chi connectivity index (χ2n) is 4.48. The van der Waals surface area contributed by atoms with Crippen molar-refractivity contribution in [3.8, 4) is 0 Å². The topological polar surface area (TPSA) is 46.2 Å². The minimum absolute atomic E-state index is 0.178. The van der Waals surface area contributed by atoms with Gasteiger partial charge in [0, 0.05) is 11.4 Å². The van der Waals surface area contributed by atoms with E-state index in [-0.39, 0.29) is 6.04 Å². The zero-order chi connectivity index (χ0) is 14.4. The normalized spacial score (nSPS) is 13.1. The summed E-state index contributed by atoms with van der Waals surface area (Å²) in [6.07, 6.45) is 0.651. The third-order valence-corrected chi connectivity index (χ3v) is 5.20. The third kappa shape index (κ3) is 4.16. The van der Waals surface area contributed by atoms with Crippen LogP contribution in [0.25, 0.3) is 0 Å². The average Bonchev–Trinajstić information content (AvgIpc) is 2.48. The van der Waals surface area contributed by atoms with E-state index >= 15 is 0 Å². The Hall–Kier alpha value is -1.17. The van der Waals surface area contributed by atoms with Gasteiger partial charge in [-0.15, -0.1) is 0 Å². The lowest BCUT2D eigenvalue weighted by Crippen LogP contribution is -2.37. The molecule has 0 saturated carbocycles. The van der Waals surface area contributed by atoms with Gasteiger partial charge in [0.25, 0.3) is 0 Å². The van der Waals surface area contributed by atoms with Crippen molar-refractivity contribution in [1.29, 1.82) is 0 Å². The van der Waals surface area contributed by atoms with Crippen LogP contribution in [0.3, 0.4) is 0 Å². The standard InChI is InChI=1S/C15H16BrNO2S/c16-12-14(11-13-7-3-1-4-8-13)17-20(18,19)15-9-5-2-6-10-15/h1-10,14,17H,11-12H2/t14-/m1/s1. The first-order valence-corrected chi connectivity index (χ1v) is 8.89. The predicted octanol–water partition coefficient (Wildman–Crippen LogP) is 2.97. The van der Waals surface area contributed by atoms with Crippen LogP contribution in [0.2, 0.25) is 0 Å². The van der Waals surface area contributed by atoms with Gasteiger partial charge in [0.1, 0.15) is 0 Å². The van der Waals surface area contributed by atoms with Gasteiger partial charge in [-0.05, 0) is 24.1 Å². The third-order valence-electron chi connectivity index (χ3n) is 2.89. The quantitative estimate of drug-likeness (QED) is 0.811. The Morgan fingerprint density at radius 2 is 1.50 bits per heavy atom. The number of alkyl halides is 1. The first-order valence-electron chi connectivity index (χ1n) is 6.29. The number of sulfonamides is 1. The summed E-state index contributed by atoms with van der Waals surface area (Å²) in [5.74, 6) is 0. The molecule has 0 amide bonds. The maximum Gasteiger partial charge on any atom is 0.240 e. The van der Waals surface area contributed by atoms with Crippen LogP contribution in [-0.2, 0) is 16.4 Å². The molecule has 2 aromatic rings. The SMILES string of the molecule is O=S(=O)(N[C@@H](CBr)Cc1ccccc1)c1ccccc1. The summed E-state index contributed by atoms with van der Waals surface area (Å²) >= 11 is 3.37. The van der Waals surface area contributed by atoms with Gasteiger partial charge >= 0.3 is 0 Å². The Labute approximate surface area is 128 Å². The fourth-order valence-corrected chi connectivity index (χ4v) is 3.78. The molecule has 3 nitrogen and oxygen atoms in total. The zero-order valence-corrected chi connectivity index (χ0v) is 13.3. The first-order chi connectivity index (χ1) is 9.62. The van der Waals surface area contributed by atoms with E-state index < -0.39 is 10.0 Å². The van der Waals surface area contributed by atoms with E-state index in [0.29, 0.717) is 16.6 Å². The molecule has 5 heteroatoms. The van der Waals surface area contributed by atoms with Gasteiger partial charge < -0.3 is 0 Å².